The monoisotopic (exact) mass is 263 g/mol. The van der Waals surface area contributed by atoms with Crippen LogP contribution in [-0.2, 0) is 4.79 Å². The van der Waals surface area contributed by atoms with Crippen LogP contribution in [0.4, 0.5) is 0 Å². The molecule has 0 saturated heterocycles. The lowest BCUT2D eigenvalue weighted by Gasteiger charge is -2.19. The van der Waals surface area contributed by atoms with Crippen molar-refractivity contribution in [2.24, 2.45) is 5.84 Å². The maximum Gasteiger partial charge on any atom is 0.262 e. The van der Waals surface area contributed by atoms with Gasteiger partial charge in [0.05, 0.1) is 11.4 Å². The Hall–Kier alpha value is -1.92. The van der Waals surface area contributed by atoms with E-state index in [0.717, 1.165) is 0 Å². The van der Waals surface area contributed by atoms with Gasteiger partial charge in [0.15, 0.2) is 5.78 Å². The Kier molecular flexibility index (Phi) is 3.91. The number of hydrazine groups is 1. The summed E-state index contributed by atoms with van der Waals surface area (Å²) >= 11 is 1.41. The molecule has 18 heavy (non-hydrogen) atoms. The Labute approximate surface area is 109 Å². The number of thiophene rings is 1. The summed E-state index contributed by atoms with van der Waals surface area (Å²) in [6, 6.07) is 3.63. The molecule has 0 atom stereocenters. The van der Waals surface area contributed by atoms with E-state index in [1.54, 1.807) is 23.4 Å². The Morgan fingerprint density at radius 1 is 1.50 bits per heavy atom. The first-order valence-corrected chi connectivity index (χ1v) is 6.29. The molecule has 94 valence electrons. The highest BCUT2D eigenvalue weighted by Crippen LogP contribution is 2.15. The third-order valence-corrected chi connectivity index (χ3v) is 3.41. The molecule has 1 aliphatic rings. The second-order valence-corrected chi connectivity index (χ2v) is 4.74. The molecule has 3 N–H and O–H groups in total. The minimum Gasteiger partial charge on any atom is -0.346 e. The number of carbonyl (C=O) groups excluding carboxylic acids is 2. The number of nitrogens with zero attached hydrogens (tertiary/aromatic N) is 1. The van der Waals surface area contributed by atoms with Gasteiger partial charge in [0, 0.05) is 18.0 Å². The van der Waals surface area contributed by atoms with Crippen molar-refractivity contribution in [3.8, 4) is 0 Å². The summed E-state index contributed by atoms with van der Waals surface area (Å²) in [7, 11) is 0. The molecule has 5 nitrogen and oxygen atoms in total. The normalized spacial score (nSPS) is 14.3. The molecule has 0 radical (unpaired) electrons. The molecule has 1 aromatic rings. The molecule has 2 rings (SSSR count). The number of hydrogen-bond donors (Lipinski definition) is 2. The fourth-order valence-corrected chi connectivity index (χ4v) is 2.29. The van der Waals surface area contributed by atoms with Crippen LogP contribution < -0.4 is 11.3 Å². The summed E-state index contributed by atoms with van der Waals surface area (Å²) in [6.45, 7) is 0.221. The fourth-order valence-electron chi connectivity index (χ4n) is 1.63. The standard InChI is InChI=1S/C12H13N3O2S/c13-14-12(17)9-3-1-5-15(7-9)8-10(16)11-4-2-6-18-11/h1-2,4-7H,3,8,13H2,(H,14,17). The van der Waals surface area contributed by atoms with Crippen molar-refractivity contribution in [3.05, 3.63) is 46.4 Å². The van der Waals surface area contributed by atoms with Crippen LogP contribution in [0.3, 0.4) is 0 Å². The van der Waals surface area contributed by atoms with E-state index in [9.17, 15) is 9.59 Å². The molecule has 1 aliphatic heterocycles. The number of carbonyl (C=O) groups is 2. The first-order valence-electron chi connectivity index (χ1n) is 5.41. The van der Waals surface area contributed by atoms with Gasteiger partial charge >= 0.3 is 0 Å². The summed E-state index contributed by atoms with van der Waals surface area (Å²) < 4.78 is 0. The molecule has 0 unspecified atom stereocenters. The number of amides is 1. The van der Waals surface area contributed by atoms with E-state index in [4.69, 9.17) is 5.84 Å². The van der Waals surface area contributed by atoms with Gasteiger partial charge in [0.1, 0.15) is 0 Å². The van der Waals surface area contributed by atoms with Gasteiger partial charge in [-0.2, -0.15) is 0 Å². The van der Waals surface area contributed by atoms with Crippen LogP contribution in [0, 0.1) is 0 Å². The average molecular weight is 263 g/mol. The number of Topliss-reactive ketones (excluding diaryl/α,β-unsaturated/α-hetero) is 1. The Morgan fingerprint density at radius 3 is 3.00 bits per heavy atom. The summed E-state index contributed by atoms with van der Waals surface area (Å²) in [6.07, 6.45) is 5.78. The predicted octanol–water partition coefficient (Wildman–Crippen LogP) is 1.02. The Morgan fingerprint density at radius 2 is 2.33 bits per heavy atom. The van der Waals surface area contributed by atoms with Gasteiger partial charge < -0.3 is 4.90 Å². The van der Waals surface area contributed by atoms with E-state index in [2.05, 4.69) is 5.43 Å². The van der Waals surface area contributed by atoms with Crippen LogP contribution in [0.25, 0.3) is 0 Å². The first-order chi connectivity index (χ1) is 8.70. The topological polar surface area (TPSA) is 75.4 Å². The van der Waals surface area contributed by atoms with Crippen LogP contribution in [0.5, 0.6) is 0 Å². The lowest BCUT2D eigenvalue weighted by molar-refractivity contribution is -0.117. The molecule has 0 saturated carbocycles. The highest BCUT2D eigenvalue weighted by atomic mass is 32.1. The zero-order valence-corrected chi connectivity index (χ0v) is 10.4. The van der Waals surface area contributed by atoms with Gasteiger partial charge in [-0.25, -0.2) is 5.84 Å². The number of allylic oxidation sites excluding steroid dienone is 1. The van der Waals surface area contributed by atoms with Gasteiger partial charge in [0.25, 0.3) is 5.91 Å². The highest BCUT2D eigenvalue weighted by molar-refractivity contribution is 7.12. The Bertz CT molecular complexity index is 505. The molecule has 1 amide bonds. The number of nitrogens with two attached hydrogens (primary N) is 1. The number of ketones is 1. The zero-order valence-electron chi connectivity index (χ0n) is 9.63. The second-order valence-electron chi connectivity index (χ2n) is 3.79. The number of nitrogens with one attached hydrogen (secondary N) is 1. The van der Waals surface area contributed by atoms with Crippen molar-refractivity contribution in [2.45, 2.75) is 6.42 Å². The molecule has 0 bridgehead atoms. The molecule has 0 fully saturated rings. The third-order valence-electron chi connectivity index (χ3n) is 2.50. The lowest BCUT2D eigenvalue weighted by atomic mass is 10.1. The smallest absolute Gasteiger partial charge is 0.262 e. The van der Waals surface area contributed by atoms with Crippen molar-refractivity contribution in [1.82, 2.24) is 10.3 Å². The van der Waals surface area contributed by atoms with Gasteiger partial charge in [-0.1, -0.05) is 12.1 Å². The average Bonchev–Trinajstić information content (AvgIpc) is 2.92. The highest BCUT2D eigenvalue weighted by Gasteiger charge is 2.15. The predicted molar refractivity (Wildman–Crippen MR) is 69.5 cm³/mol. The minimum atomic E-state index is -0.326. The third kappa shape index (κ3) is 2.85. The van der Waals surface area contributed by atoms with Crippen molar-refractivity contribution in [2.75, 3.05) is 6.54 Å². The quantitative estimate of drug-likeness (QED) is 0.368. The largest absolute Gasteiger partial charge is 0.346 e. The van der Waals surface area contributed by atoms with Crippen LogP contribution >= 0.6 is 11.3 Å². The van der Waals surface area contributed by atoms with E-state index >= 15 is 0 Å². The van der Waals surface area contributed by atoms with Crippen molar-refractivity contribution in [1.29, 1.82) is 0 Å². The van der Waals surface area contributed by atoms with Gasteiger partial charge in [-0.3, -0.25) is 15.0 Å². The van der Waals surface area contributed by atoms with Crippen LogP contribution in [0.1, 0.15) is 16.1 Å². The first kappa shape index (κ1) is 12.5. The molecule has 6 heteroatoms. The molecule has 2 heterocycles. The summed E-state index contributed by atoms with van der Waals surface area (Å²) in [5.74, 6) is 4.78. The molecular formula is C12H13N3O2S. The maximum atomic E-state index is 11.9. The molecule has 1 aromatic heterocycles. The van der Waals surface area contributed by atoms with Crippen LogP contribution in [0.15, 0.2) is 41.6 Å². The van der Waals surface area contributed by atoms with Gasteiger partial charge in [-0.15, -0.1) is 11.3 Å². The lowest BCUT2D eigenvalue weighted by Crippen LogP contribution is -2.33. The van der Waals surface area contributed by atoms with Crippen LogP contribution in [0.2, 0.25) is 0 Å². The van der Waals surface area contributed by atoms with E-state index in [1.807, 2.05) is 17.5 Å². The van der Waals surface area contributed by atoms with E-state index < -0.39 is 0 Å². The van der Waals surface area contributed by atoms with Crippen molar-refractivity contribution in [3.63, 3.8) is 0 Å². The van der Waals surface area contributed by atoms with E-state index in [1.165, 1.54) is 11.3 Å². The fraction of sp³-hybridized carbons (Fsp3) is 0.167. The Balaban J connectivity index is 2.03. The summed E-state index contributed by atoms with van der Waals surface area (Å²) in [5.41, 5.74) is 2.63. The molecular weight excluding hydrogens is 250 g/mol. The molecule has 0 spiro atoms. The van der Waals surface area contributed by atoms with E-state index in [-0.39, 0.29) is 18.2 Å². The number of rotatable bonds is 4. The summed E-state index contributed by atoms with van der Waals surface area (Å²) in [5, 5.41) is 1.86. The number of hydrogen-bond acceptors (Lipinski definition) is 5. The van der Waals surface area contributed by atoms with Gasteiger partial charge in [-0.05, 0) is 17.9 Å². The molecule has 0 aromatic carbocycles. The van der Waals surface area contributed by atoms with Crippen LogP contribution in [-0.4, -0.2) is 23.1 Å². The second kappa shape index (κ2) is 5.61. The van der Waals surface area contributed by atoms with Crippen molar-refractivity contribution >= 4 is 23.0 Å². The summed E-state index contributed by atoms with van der Waals surface area (Å²) in [4.78, 5) is 25.7. The van der Waals surface area contributed by atoms with E-state index in [0.29, 0.717) is 16.9 Å². The zero-order chi connectivity index (χ0) is 13.0. The maximum absolute atomic E-state index is 11.9. The SMILES string of the molecule is NNC(=O)C1=CN(CC(=O)c2cccs2)C=CC1. The van der Waals surface area contributed by atoms with Gasteiger partial charge in [0.2, 0.25) is 0 Å². The molecule has 0 aliphatic carbocycles. The van der Waals surface area contributed by atoms with Crippen molar-refractivity contribution < 1.29 is 9.59 Å². The minimum absolute atomic E-state index is 0.0281.